The summed E-state index contributed by atoms with van der Waals surface area (Å²) in [6.45, 7) is 4.51. The number of benzene rings is 1. The fourth-order valence-corrected chi connectivity index (χ4v) is 7.20. The van der Waals surface area contributed by atoms with Crippen molar-refractivity contribution in [2.75, 3.05) is 27.7 Å². The maximum atomic E-state index is 15.9. The molecule has 10 nitrogen and oxygen atoms in total. The molecule has 4 atom stereocenters. The third-order valence-electron chi connectivity index (χ3n) is 9.06. The number of hydrogen-bond acceptors (Lipinski definition) is 9. The van der Waals surface area contributed by atoms with Crippen LogP contribution in [0.1, 0.15) is 60.0 Å². The van der Waals surface area contributed by atoms with Crippen LogP contribution >= 0.6 is 0 Å². The second kappa shape index (κ2) is 11.5. The van der Waals surface area contributed by atoms with Gasteiger partial charge in [-0.05, 0) is 64.7 Å². The number of nitrogens with two attached hydrogens (primary N) is 1. The van der Waals surface area contributed by atoms with Crippen LogP contribution in [0.3, 0.4) is 0 Å². The number of hydrogen-bond donors (Lipinski definition) is 6. The van der Waals surface area contributed by atoms with Crippen LogP contribution < -0.4 is 5.73 Å². The van der Waals surface area contributed by atoms with E-state index in [0.717, 1.165) is 19.4 Å². The first-order chi connectivity index (χ1) is 19.2. The molecule has 1 saturated carbocycles. The lowest BCUT2D eigenvalue weighted by Gasteiger charge is -2.47. The number of ketones is 1. The Bertz CT molecular complexity index is 1300. The molecule has 41 heavy (non-hydrogen) atoms. The maximum Gasteiger partial charge on any atom is 0.254 e. The molecule has 3 aliphatic rings. The Morgan fingerprint density at radius 3 is 2.39 bits per heavy atom. The van der Waals surface area contributed by atoms with Crippen molar-refractivity contribution in [3.05, 3.63) is 52.2 Å². The number of carbonyl (C=O) groups is 2. The van der Waals surface area contributed by atoms with Crippen LogP contribution in [0.15, 0.2) is 29.7 Å². The van der Waals surface area contributed by atoms with E-state index < -0.39 is 63.8 Å². The molecule has 1 aromatic carbocycles. The standard InChI is InChI=1S/C30H41FN4O6/c1-15(36)30(41)20(26(34(2)3)27(39)24(28(30)32)29(33)40)10-17-9-19-23(21(37)11-17)22(38)12-18(25(19)31)14-35(4)13-16-7-5-6-8-16/h12,16-17,20,26,32,36,38-39,41H,1,5-11,13-14H2,2-4H3,(H2,33,40)/t17-,20-,26-,30+/m0/s1. The fraction of sp³-hybridized carbons (Fsp3) is 0.567. The van der Waals surface area contributed by atoms with E-state index in [1.54, 1.807) is 14.1 Å². The molecule has 0 saturated heterocycles. The summed E-state index contributed by atoms with van der Waals surface area (Å²) in [5, 5.41) is 52.3. The van der Waals surface area contributed by atoms with E-state index in [2.05, 4.69) is 6.58 Å². The van der Waals surface area contributed by atoms with Crippen molar-refractivity contribution in [2.45, 2.75) is 63.1 Å². The van der Waals surface area contributed by atoms with Gasteiger partial charge in [0.2, 0.25) is 0 Å². The second-order valence-corrected chi connectivity index (χ2v) is 12.2. The Morgan fingerprint density at radius 2 is 1.83 bits per heavy atom. The smallest absolute Gasteiger partial charge is 0.254 e. The van der Waals surface area contributed by atoms with Crippen LogP contribution in [0.5, 0.6) is 5.75 Å². The van der Waals surface area contributed by atoms with E-state index in [9.17, 15) is 30.0 Å². The maximum absolute atomic E-state index is 15.9. The van der Waals surface area contributed by atoms with Crippen molar-refractivity contribution < 1.29 is 34.4 Å². The van der Waals surface area contributed by atoms with Crippen molar-refractivity contribution in [3.63, 3.8) is 0 Å². The van der Waals surface area contributed by atoms with Gasteiger partial charge in [0.25, 0.3) is 5.91 Å². The molecular formula is C30H41FN4O6. The van der Waals surface area contributed by atoms with Gasteiger partial charge in [0.15, 0.2) is 11.4 Å². The number of Topliss-reactive ketones (excluding diaryl/α,β-unsaturated/α-hetero) is 1. The van der Waals surface area contributed by atoms with Gasteiger partial charge in [-0.2, -0.15) is 0 Å². The molecule has 7 N–H and O–H groups in total. The van der Waals surface area contributed by atoms with Crippen LogP contribution in [0, 0.1) is 29.0 Å². The number of aliphatic hydroxyl groups is 3. The minimum absolute atomic E-state index is 0.0470. The average Bonchev–Trinajstić information content (AvgIpc) is 3.37. The highest BCUT2D eigenvalue weighted by Crippen LogP contribution is 2.46. The van der Waals surface area contributed by atoms with E-state index in [-0.39, 0.29) is 48.2 Å². The molecule has 224 valence electrons. The van der Waals surface area contributed by atoms with Crippen molar-refractivity contribution in [1.29, 1.82) is 5.41 Å². The molecule has 0 unspecified atom stereocenters. The fourth-order valence-electron chi connectivity index (χ4n) is 7.20. The summed E-state index contributed by atoms with van der Waals surface area (Å²) < 4.78 is 15.9. The zero-order valence-corrected chi connectivity index (χ0v) is 23.9. The van der Waals surface area contributed by atoms with Crippen LogP contribution in [-0.2, 0) is 17.8 Å². The molecule has 1 fully saturated rings. The Hall–Kier alpha value is -3.28. The van der Waals surface area contributed by atoms with E-state index in [1.807, 2.05) is 11.9 Å². The monoisotopic (exact) mass is 572 g/mol. The van der Waals surface area contributed by atoms with Gasteiger partial charge in [-0.1, -0.05) is 19.4 Å². The van der Waals surface area contributed by atoms with Crippen molar-refractivity contribution >= 4 is 17.4 Å². The zero-order valence-electron chi connectivity index (χ0n) is 23.9. The Balaban J connectivity index is 1.67. The molecule has 11 heteroatoms. The summed E-state index contributed by atoms with van der Waals surface area (Å²) in [5.41, 5.74) is 1.84. The van der Waals surface area contributed by atoms with Gasteiger partial charge in [0.1, 0.15) is 28.7 Å². The lowest BCUT2D eigenvalue weighted by Crippen LogP contribution is -2.61. The number of carbonyl (C=O) groups excluding carboxylic acids is 2. The minimum atomic E-state index is -2.47. The highest BCUT2D eigenvalue weighted by molar-refractivity contribution is 6.25. The highest BCUT2D eigenvalue weighted by atomic mass is 19.1. The molecule has 0 radical (unpaired) electrons. The molecule has 0 heterocycles. The predicted molar refractivity (Wildman–Crippen MR) is 151 cm³/mol. The van der Waals surface area contributed by atoms with Crippen molar-refractivity contribution in [3.8, 4) is 5.75 Å². The van der Waals surface area contributed by atoms with Gasteiger partial charge >= 0.3 is 0 Å². The number of halogens is 1. The topological polar surface area (TPSA) is 171 Å². The number of nitrogens with one attached hydrogen (secondary N) is 1. The largest absolute Gasteiger partial charge is 0.510 e. The molecule has 1 aromatic rings. The number of fused-ring (bicyclic) bond motifs is 1. The number of rotatable bonds is 9. The highest BCUT2D eigenvalue weighted by Gasteiger charge is 2.56. The lowest BCUT2D eigenvalue weighted by atomic mass is 9.64. The number of primary amides is 1. The Labute approximate surface area is 239 Å². The van der Waals surface area contributed by atoms with E-state index in [1.165, 1.54) is 23.8 Å². The minimum Gasteiger partial charge on any atom is -0.510 e. The van der Waals surface area contributed by atoms with Gasteiger partial charge in [0.05, 0.1) is 17.3 Å². The number of phenols is 1. The Kier molecular flexibility index (Phi) is 8.63. The number of nitrogens with zero attached hydrogens (tertiary/aromatic N) is 2. The van der Waals surface area contributed by atoms with Gasteiger partial charge in [-0.15, -0.1) is 0 Å². The van der Waals surface area contributed by atoms with Gasteiger partial charge in [0, 0.05) is 36.6 Å². The molecule has 3 aliphatic carbocycles. The lowest BCUT2D eigenvalue weighted by molar-refractivity contribution is -0.114. The van der Waals surface area contributed by atoms with E-state index in [0.29, 0.717) is 5.92 Å². The molecule has 0 aromatic heterocycles. The third-order valence-corrected chi connectivity index (χ3v) is 9.06. The first-order valence-electron chi connectivity index (χ1n) is 14.0. The quantitative estimate of drug-likeness (QED) is 0.245. The van der Waals surface area contributed by atoms with Crippen molar-refractivity contribution in [2.24, 2.45) is 23.5 Å². The molecule has 0 aliphatic heterocycles. The summed E-state index contributed by atoms with van der Waals surface area (Å²) in [6, 6.07) is 0.246. The van der Waals surface area contributed by atoms with Crippen LogP contribution in [0.4, 0.5) is 4.39 Å². The normalized spacial score (nSPS) is 27.1. The summed E-state index contributed by atoms with van der Waals surface area (Å²) in [4.78, 5) is 28.9. The van der Waals surface area contributed by atoms with Gasteiger partial charge in [-0.3, -0.25) is 14.5 Å². The zero-order chi connectivity index (χ0) is 30.4. The molecule has 1 amide bonds. The molecule has 0 bridgehead atoms. The molecule has 0 spiro atoms. The number of likely N-dealkylation sites (N-methyl/N-ethyl adjacent to an activating group) is 1. The Morgan fingerprint density at radius 1 is 1.20 bits per heavy atom. The molecule has 4 rings (SSSR count). The number of phenolic OH excluding ortho intramolecular Hbond substituents is 1. The second-order valence-electron chi connectivity index (χ2n) is 12.2. The third kappa shape index (κ3) is 5.50. The summed E-state index contributed by atoms with van der Waals surface area (Å²) >= 11 is 0. The summed E-state index contributed by atoms with van der Waals surface area (Å²) in [5.74, 6) is -4.96. The van der Waals surface area contributed by atoms with Gasteiger partial charge < -0.3 is 36.5 Å². The average molecular weight is 573 g/mol. The first-order valence-corrected chi connectivity index (χ1v) is 14.0. The summed E-state index contributed by atoms with van der Waals surface area (Å²) in [6.07, 6.45) is 4.58. The first kappa shape index (κ1) is 30.7. The van der Waals surface area contributed by atoms with Crippen LogP contribution in [-0.4, -0.2) is 87.0 Å². The van der Waals surface area contributed by atoms with Gasteiger partial charge in [-0.25, -0.2) is 4.39 Å². The molecular weight excluding hydrogens is 531 g/mol. The SMILES string of the molecule is C=C(O)[C@]1(O)C(=N)C(C(N)=O)=C(O)[C@@H](N(C)C)[C@@H]1C[C@H]1CC(=O)c2c(O)cc(CN(C)CC3CCCC3)c(F)c2C1. The van der Waals surface area contributed by atoms with Crippen LogP contribution in [0.2, 0.25) is 0 Å². The van der Waals surface area contributed by atoms with E-state index >= 15 is 4.39 Å². The summed E-state index contributed by atoms with van der Waals surface area (Å²) in [7, 11) is 5.06. The van der Waals surface area contributed by atoms with Crippen LogP contribution in [0.25, 0.3) is 0 Å². The number of aromatic hydroxyl groups is 1. The predicted octanol–water partition coefficient (Wildman–Crippen LogP) is 2.97. The number of amides is 1. The van der Waals surface area contributed by atoms with Crippen molar-refractivity contribution in [1.82, 2.24) is 9.80 Å². The number of aliphatic hydroxyl groups excluding tert-OH is 2. The van der Waals surface area contributed by atoms with E-state index in [4.69, 9.17) is 11.1 Å².